The molecule has 0 aliphatic heterocycles. The fraction of sp³-hybridized carbons (Fsp3) is 0.550. The highest BCUT2D eigenvalue weighted by atomic mass is 16.4. The average molecular weight is 320 g/mol. The summed E-state index contributed by atoms with van der Waals surface area (Å²) in [7, 11) is 0. The molecule has 3 nitrogen and oxygen atoms in total. The summed E-state index contributed by atoms with van der Waals surface area (Å²) in [5.74, 6) is -0.935. The predicted molar refractivity (Wildman–Crippen MR) is 97.4 cm³/mol. The number of aliphatic hydroxyl groups excluding tert-OH is 1. The topological polar surface area (TPSA) is 57.5 Å². The maximum Gasteiger partial charge on any atom is 0.328 e. The molecule has 0 aromatic heterocycles. The predicted octanol–water partition coefficient (Wildman–Crippen LogP) is 5.19. The van der Waals surface area contributed by atoms with Crippen LogP contribution < -0.4 is 0 Å². The van der Waals surface area contributed by atoms with Crippen molar-refractivity contribution in [1.29, 1.82) is 0 Å². The molecule has 3 heteroatoms. The van der Waals surface area contributed by atoms with Gasteiger partial charge in [-0.3, -0.25) is 0 Å². The third kappa shape index (κ3) is 18.3. The maximum atomic E-state index is 10.2. The molecule has 0 saturated heterocycles. The molecule has 0 radical (unpaired) electrons. The van der Waals surface area contributed by atoms with Crippen LogP contribution in [0.1, 0.15) is 64.7 Å². The second kappa shape index (κ2) is 16.8. The molecular formula is C20H32O3. The largest absolute Gasteiger partial charge is 0.478 e. The van der Waals surface area contributed by atoms with Crippen LogP contribution in [0.4, 0.5) is 0 Å². The SMILES string of the molecule is CCC[C@H](O)CCCCCCCC=CC=CC=CC=CC(=O)O. The van der Waals surface area contributed by atoms with E-state index in [1.165, 1.54) is 31.8 Å². The summed E-state index contributed by atoms with van der Waals surface area (Å²) in [6.45, 7) is 2.11. The molecule has 0 amide bonds. The van der Waals surface area contributed by atoms with E-state index in [9.17, 15) is 9.90 Å². The fourth-order valence-corrected chi connectivity index (χ4v) is 2.22. The van der Waals surface area contributed by atoms with E-state index in [2.05, 4.69) is 13.0 Å². The van der Waals surface area contributed by atoms with Crippen LogP contribution in [0.2, 0.25) is 0 Å². The number of allylic oxidation sites excluding steroid dienone is 7. The van der Waals surface area contributed by atoms with E-state index in [1.54, 1.807) is 12.2 Å². The van der Waals surface area contributed by atoms with Gasteiger partial charge in [0.15, 0.2) is 0 Å². The molecule has 0 heterocycles. The molecule has 0 unspecified atom stereocenters. The summed E-state index contributed by atoms with van der Waals surface area (Å²) >= 11 is 0. The maximum absolute atomic E-state index is 10.2. The van der Waals surface area contributed by atoms with Gasteiger partial charge in [-0.25, -0.2) is 4.79 Å². The van der Waals surface area contributed by atoms with Gasteiger partial charge in [0.1, 0.15) is 0 Å². The molecule has 0 fully saturated rings. The van der Waals surface area contributed by atoms with Crippen molar-refractivity contribution in [2.24, 2.45) is 0 Å². The first kappa shape index (κ1) is 21.4. The summed E-state index contributed by atoms with van der Waals surface area (Å²) < 4.78 is 0. The molecule has 0 bridgehead atoms. The van der Waals surface area contributed by atoms with Crippen molar-refractivity contribution in [3.63, 3.8) is 0 Å². The number of aliphatic carboxylic acids is 1. The van der Waals surface area contributed by atoms with Gasteiger partial charge in [-0.2, -0.15) is 0 Å². The highest BCUT2D eigenvalue weighted by Crippen LogP contribution is 2.11. The van der Waals surface area contributed by atoms with E-state index in [-0.39, 0.29) is 6.10 Å². The van der Waals surface area contributed by atoms with E-state index in [0.29, 0.717) is 0 Å². The first-order valence-corrected chi connectivity index (χ1v) is 8.74. The van der Waals surface area contributed by atoms with Crippen molar-refractivity contribution in [3.8, 4) is 0 Å². The minimum Gasteiger partial charge on any atom is -0.478 e. The molecule has 2 N–H and O–H groups in total. The van der Waals surface area contributed by atoms with Gasteiger partial charge in [0.05, 0.1) is 6.10 Å². The molecule has 0 aromatic rings. The van der Waals surface area contributed by atoms with Crippen LogP contribution in [0.15, 0.2) is 48.6 Å². The van der Waals surface area contributed by atoms with Crippen LogP contribution >= 0.6 is 0 Å². The highest BCUT2D eigenvalue weighted by molar-refractivity contribution is 5.80. The lowest BCUT2D eigenvalue weighted by molar-refractivity contribution is -0.131. The van der Waals surface area contributed by atoms with Gasteiger partial charge in [0, 0.05) is 6.08 Å². The third-order valence-electron chi connectivity index (χ3n) is 3.46. The summed E-state index contributed by atoms with van der Waals surface area (Å²) in [4.78, 5) is 10.2. The zero-order valence-corrected chi connectivity index (χ0v) is 14.4. The molecule has 130 valence electrons. The van der Waals surface area contributed by atoms with Crippen molar-refractivity contribution < 1.29 is 15.0 Å². The Bertz CT molecular complexity index is 392. The monoisotopic (exact) mass is 320 g/mol. The standard InChI is InChI=1S/C20H32O3/c1-2-16-19(21)17-14-12-10-8-6-4-3-5-7-9-11-13-15-18-20(22)23/h3,5,7,9,11,13,15,18-19,21H,2,4,6,8,10,12,14,16-17H2,1H3,(H,22,23)/t19-/m0/s1. The number of aliphatic hydroxyl groups is 1. The summed E-state index contributed by atoms with van der Waals surface area (Å²) in [6.07, 6.45) is 24.1. The molecule has 0 aromatic carbocycles. The third-order valence-corrected chi connectivity index (χ3v) is 3.46. The summed E-state index contributed by atoms with van der Waals surface area (Å²) in [5.41, 5.74) is 0. The number of rotatable bonds is 14. The molecule has 0 rings (SSSR count). The highest BCUT2D eigenvalue weighted by Gasteiger charge is 2.01. The van der Waals surface area contributed by atoms with Gasteiger partial charge >= 0.3 is 5.97 Å². The lowest BCUT2D eigenvalue weighted by atomic mass is 10.0. The molecular weight excluding hydrogens is 288 g/mol. The first-order chi connectivity index (χ1) is 11.2. The van der Waals surface area contributed by atoms with Gasteiger partial charge in [-0.15, -0.1) is 0 Å². The molecule has 23 heavy (non-hydrogen) atoms. The summed E-state index contributed by atoms with van der Waals surface area (Å²) in [6, 6.07) is 0. The number of carboxylic acid groups (broad SMARTS) is 1. The Labute approximate surface area is 141 Å². The minimum atomic E-state index is -0.935. The quantitative estimate of drug-likeness (QED) is 0.263. The second-order valence-electron chi connectivity index (χ2n) is 5.68. The van der Waals surface area contributed by atoms with Crippen molar-refractivity contribution >= 4 is 5.97 Å². The molecule has 0 aliphatic carbocycles. The Morgan fingerprint density at radius 3 is 2.17 bits per heavy atom. The zero-order chi connectivity index (χ0) is 17.2. The average Bonchev–Trinajstić information content (AvgIpc) is 2.51. The van der Waals surface area contributed by atoms with Gasteiger partial charge in [-0.1, -0.05) is 81.6 Å². The van der Waals surface area contributed by atoms with E-state index in [1.807, 2.05) is 18.2 Å². The Balaban J connectivity index is 3.42. The van der Waals surface area contributed by atoms with Gasteiger partial charge in [-0.05, 0) is 25.7 Å². The molecule has 0 aliphatic rings. The normalized spacial score (nSPS) is 13.8. The van der Waals surface area contributed by atoms with Crippen LogP contribution in [0.5, 0.6) is 0 Å². The van der Waals surface area contributed by atoms with Crippen LogP contribution in [-0.2, 0) is 4.79 Å². The Hall–Kier alpha value is -1.61. The number of hydrogen-bond donors (Lipinski definition) is 2. The van der Waals surface area contributed by atoms with Crippen LogP contribution in [0.3, 0.4) is 0 Å². The second-order valence-corrected chi connectivity index (χ2v) is 5.68. The Morgan fingerprint density at radius 1 is 0.870 bits per heavy atom. The minimum absolute atomic E-state index is 0.0941. The molecule has 0 saturated carbocycles. The van der Waals surface area contributed by atoms with Gasteiger partial charge in [0.2, 0.25) is 0 Å². The van der Waals surface area contributed by atoms with Gasteiger partial charge < -0.3 is 10.2 Å². The van der Waals surface area contributed by atoms with E-state index < -0.39 is 5.97 Å². The zero-order valence-electron chi connectivity index (χ0n) is 14.4. The van der Waals surface area contributed by atoms with Crippen LogP contribution in [0.25, 0.3) is 0 Å². The van der Waals surface area contributed by atoms with Crippen molar-refractivity contribution in [2.45, 2.75) is 70.8 Å². The smallest absolute Gasteiger partial charge is 0.328 e. The van der Waals surface area contributed by atoms with Crippen molar-refractivity contribution in [2.75, 3.05) is 0 Å². The number of carbonyl (C=O) groups is 1. The van der Waals surface area contributed by atoms with Crippen LogP contribution in [-0.4, -0.2) is 22.3 Å². The Kier molecular flexibility index (Phi) is 15.6. The van der Waals surface area contributed by atoms with Crippen molar-refractivity contribution in [1.82, 2.24) is 0 Å². The first-order valence-electron chi connectivity index (χ1n) is 8.74. The molecule has 1 atom stereocenters. The lowest BCUT2D eigenvalue weighted by Gasteiger charge is -2.08. The van der Waals surface area contributed by atoms with E-state index in [0.717, 1.165) is 38.2 Å². The van der Waals surface area contributed by atoms with E-state index >= 15 is 0 Å². The number of carboxylic acids is 1. The number of hydrogen-bond acceptors (Lipinski definition) is 2. The number of unbranched alkanes of at least 4 members (excludes halogenated alkanes) is 5. The lowest BCUT2D eigenvalue weighted by Crippen LogP contribution is -2.04. The Morgan fingerprint density at radius 2 is 1.48 bits per heavy atom. The van der Waals surface area contributed by atoms with Gasteiger partial charge in [0.25, 0.3) is 0 Å². The van der Waals surface area contributed by atoms with Crippen LogP contribution in [0, 0.1) is 0 Å². The van der Waals surface area contributed by atoms with Crippen molar-refractivity contribution in [3.05, 3.63) is 48.6 Å². The molecule has 0 spiro atoms. The fourth-order valence-electron chi connectivity index (χ4n) is 2.22. The van der Waals surface area contributed by atoms with E-state index in [4.69, 9.17) is 5.11 Å². The summed E-state index contributed by atoms with van der Waals surface area (Å²) in [5, 5.41) is 18.0.